The molecule has 1 saturated carbocycles. The number of aliphatic carboxylic acids is 1. The number of anilines is 1. The van der Waals surface area contributed by atoms with Crippen LogP contribution in [0.25, 0.3) is 0 Å². The molecule has 2 aromatic rings. The number of methoxy groups -OCH3 is 1. The minimum Gasteiger partial charge on any atom is -0.496 e. The van der Waals surface area contributed by atoms with Gasteiger partial charge < -0.3 is 20.5 Å². The van der Waals surface area contributed by atoms with Gasteiger partial charge in [-0.1, -0.05) is 30.9 Å². The van der Waals surface area contributed by atoms with E-state index in [0.717, 1.165) is 37.7 Å². The summed E-state index contributed by atoms with van der Waals surface area (Å²) in [5, 5.41) is 24.9. The minimum atomic E-state index is -0.845. The summed E-state index contributed by atoms with van der Waals surface area (Å²) in [5.41, 5.74) is 1.17. The number of nitriles is 1. The van der Waals surface area contributed by atoms with E-state index in [9.17, 15) is 20.0 Å². The number of hydrogen-bond acceptors (Lipinski definition) is 6. The Morgan fingerprint density at radius 2 is 2.03 bits per heavy atom. The highest BCUT2D eigenvalue weighted by atomic mass is 35.5. The number of carboxylic acids is 1. The lowest BCUT2D eigenvalue weighted by molar-refractivity contribution is -0.140. The van der Waals surface area contributed by atoms with Crippen LogP contribution in [-0.2, 0) is 4.79 Å². The SMILES string of the molecule is COc1ccc(C#N)cc1C(C)Nc1ncc(C(=O)NCC2(CC(=O)O)CCCCC2)cc1Cl. The zero-order valence-corrected chi connectivity index (χ0v) is 20.1. The Hall–Kier alpha value is -3.31. The molecule has 1 atom stereocenters. The van der Waals surface area contributed by atoms with Gasteiger partial charge in [0.15, 0.2) is 0 Å². The molecule has 1 aliphatic carbocycles. The molecule has 0 saturated heterocycles. The fourth-order valence-corrected chi connectivity index (χ4v) is 4.72. The lowest BCUT2D eigenvalue weighted by atomic mass is 9.71. The summed E-state index contributed by atoms with van der Waals surface area (Å²) in [5.74, 6) is -0.163. The number of amides is 1. The summed E-state index contributed by atoms with van der Waals surface area (Å²) < 4.78 is 5.40. The molecule has 8 nitrogen and oxygen atoms in total. The Morgan fingerprint density at radius 1 is 1.29 bits per heavy atom. The highest BCUT2D eigenvalue weighted by Gasteiger charge is 2.34. The summed E-state index contributed by atoms with van der Waals surface area (Å²) in [6, 6.07) is 8.54. The molecule has 0 radical (unpaired) electrons. The van der Waals surface area contributed by atoms with Crippen LogP contribution in [0.2, 0.25) is 5.02 Å². The van der Waals surface area contributed by atoms with Crippen molar-refractivity contribution in [2.45, 2.75) is 51.5 Å². The number of ether oxygens (including phenoxy) is 1. The van der Waals surface area contributed by atoms with E-state index in [4.69, 9.17) is 16.3 Å². The summed E-state index contributed by atoms with van der Waals surface area (Å²) in [7, 11) is 1.56. The highest BCUT2D eigenvalue weighted by Crippen LogP contribution is 2.39. The summed E-state index contributed by atoms with van der Waals surface area (Å²) in [6.45, 7) is 2.20. The Balaban J connectivity index is 1.69. The normalized spacial score (nSPS) is 15.6. The van der Waals surface area contributed by atoms with Crippen LogP contribution in [0.3, 0.4) is 0 Å². The van der Waals surface area contributed by atoms with Crippen molar-refractivity contribution < 1.29 is 19.4 Å². The van der Waals surface area contributed by atoms with Crippen LogP contribution in [0.1, 0.15) is 73.0 Å². The molecule has 1 aliphatic rings. The number of aromatic nitrogens is 1. The van der Waals surface area contributed by atoms with E-state index in [1.54, 1.807) is 25.3 Å². The fourth-order valence-electron chi connectivity index (χ4n) is 4.50. The van der Waals surface area contributed by atoms with Crippen molar-refractivity contribution in [1.82, 2.24) is 10.3 Å². The van der Waals surface area contributed by atoms with Crippen molar-refractivity contribution in [3.8, 4) is 11.8 Å². The van der Waals surface area contributed by atoms with Gasteiger partial charge in [-0.25, -0.2) is 4.98 Å². The summed E-state index contributed by atoms with van der Waals surface area (Å²) in [4.78, 5) is 28.4. The van der Waals surface area contributed by atoms with Crippen molar-refractivity contribution >= 4 is 29.3 Å². The zero-order valence-electron chi connectivity index (χ0n) is 19.4. The second-order valence-corrected chi connectivity index (χ2v) is 9.21. The number of carbonyl (C=O) groups excluding carboxylic acids is 1. The number of benzene rings is 1. The first-order valence-corrected chi connectivity index (χ1v) is 11.6. The van der Waals surface area contributed by atoms with Gasteiger partial charge in [-0.2, -0.15) is 5.26 Å². The Kier molecular flexibility index (Phi) is 8.35. The largest absolute Gasteiger partial charge is 0.496 e. The van der Waals surface area contributed by atoms with Gasteiger partial charge in [0.25, 0.3) is 5.91 Å². The third kappa shape index (κ3) is 6.17. The van der Waals surface area contributed by atoms with Crippen LogP contribution < -0.4 is 15.4 Å². The maximum atomic E-state index is 12.8. The number of carboxylic acid groups (broad SMARTS) is 1. The third-order valence-electron chi connectivity index (χ3n) is 6.35. The predicted molar refractivity (Wildman–Crippen MR) is 129 cm³/mol. The molecule has 0 aliphatic heterocycles. The molecular weight excluding hydrogens is 456 g/mol. The number of halogens is 1. The quantitative estimate of drug-likeness (QED) is 0.460. The summed E-state index contributed by atoms with van der Waals surface area (Å²) in [6.07, 6.45) is 6.09. The number of hydrogen-bond donors (Lipinski definition) is 3. The van der Waals surface area contributed by atoms with E-state index in [0.29, 0.717) is 29.2 Å². The van der Waals surface area contributed by atoms with Crippen molar-refractivity contribution in [1.29, 1.82) is 5.26 Å². The average molecular weight is 485 g/mol. The molecule has 180 valence electrons. The van der Waals surface area contributed by atoms with Gasteiger partial charge in [0, 0.05) is 18.3 Å². The lowest BCUT2D eigenvalue weighted by Gasteiger charge is -2.36. The monoisotopic (exact) mass is 484 g/mol. The summed E-state index contributed by atoms with van der Waals surface area (Å²) >= 11 is 6.42. The average Bonchev–Trinajstić information content (AvgIpc) is 2.83. The molecule has 1 amide bonds. The van der Waals surface area contributed by atoms with Crippen LogP contribution in [0.5, 0.6) is 5.75 Å². The molecule has 34 heavy (non-hydrogen) atoms. The number of nitrogens with zero attached hydrogens (tertiary/aromatic N) is 2. The zero-order chi connectivity index (χ0) is 24.7. The Morgan fingerprint density at radius 3 is 2.65 bits per heavy atom. The molecule has 1 aromatic heterocycles. The molecular formula is C25H29ClN4O4. The number of nitrogens with one attached hydrogen (secondary N) is 2. The molecule has 1 heterocycles. The highest BCUT2D eigenvalue weighted by molar-refractivity contribution is 6.33. The number of carbonyl (C=O) groups is 2. The molecule has 1 fully saturated rings. The Bertz CT molecular complexity index is 1090. The van der Waals surface area contributed by atoms with Crippen molar-refractivity contribution in [3.05, 3.63) is 52.2 Å². The van der Waals surface area contributed by atoms with Gasteiger partial charge in [0.05, 0.1) is 41.8 Å². The van der Waals surface area contributed by atoms with Crippen molar-refractivity contribution in [2.75, 3.05) is 19.0 Å². The first kappa shape index (κ1) is 25.3. The van der Waals surface area contributed by atoms with Gasteiger partial charge in [0.1, 0.15) is 11.6 Å². The van der Waals surface area contributed by atoms with Gasteiger partial charge in [0.2, 0.25) is 0 Å². The van der Waals surface area contributed by atoms with Crippen molar-refractivity contribution in [2.24, 2.45) is 5.41 Å². The van der Waals surface area contributed by atoms with E-state index in [1.807, 2.05) is 6.92 Å². The molecule has 0 bridgehead atoms. The van der Waals surface area contributed by atoms with Crippen LogP contribution in [-0.4, -0.2) is 35.6 Å². The molecule has 1 aromatic carbocycles. The maximum Gasteiger partial charge on any atom is 0.303 e. The second kappa shape index (κ2) is 11.2. The third-order valence-corrected chi connectivity index (χ3v) is 6.63. The standard InChI is InChI=1S/C25H29ClN4O4/c1-16(19-10-17(13-27)6-7-21(19)34-2)30-23-20(26)11-18(14-28-23)24(33)29-15-25(12-22(31)32)8-4-3-5-9-25/h6-7,10-11,14,16H,3-5,8-9,12,15H2,1-2H3,(H,28,30)(H,29,33)(H,31,32). The maximum absolute atomic E-state index is 12.8. The predicted octanol–water partition coefficient (Wildman–Crippen LogP) is 4.94. The topological polar surface area (TPSA) is 124 Å². The van der Waals surface area contributed by atoms with Gasteiger partial charge >= 0.3 is 5.97 Å². The first-order valence-electron chi connectivity index (χ1n) is 11.3. The van der Waals surface area contributed by atoms with Crippen LogP contribution >= 0.6 is 11.6 Å². The Labute approximate surface area is 204 Å². The van der Waals surface area contributed by atoms with E-state index >= 15 is 0 Å². The van der Waals surface area contributed by atoms with Gasteiger partial charge in [-0.15, -0.1) is 0 Å². The van der Waals surface area contributed by atoms with Gasteiger partial charge in [-0.3, -0.25) is 9.59 Å². The molecule has 3 rings (SSSR count). The lowest BCUT2D eigenvalue weighted by Crippen LogP contribution is -2.40. The minimum absolute atomic E-state index is 0.0451. The van der Waals surface area contributed by atoms with Crippen molar-refractivity contribution in [3.63, 3.8) is 0 Å². The van der Waals surface area contributed by atoms with Crippen LogP contribution in [0.4, 0.5) is 5.82 Å². The van der Waals surface area contributed by atoms with Gasteiger partial charge in [-0.05, 0) is 49.4 Å². The number of rotatable bonds is 9. The van der Waals surface area contributed by atoms with E-state index in [1.165, 1.54) is 12.3 Å². The molecule has 3 N–H and O–H groups in total. The number of pyridine rings is 1. The van der Waals surface area contributed by atoms with E-state index in [2.05, 4.69) is 21.7 Å². The van der Waals surface area contributed by atoms with E-state index in [-0.39, 0.29) is 23.4 Å². The second-order valence-electron chi connectivity index (χ2n) is 8.80. The van der Waals surface area contributed by atoms with Crippen LogP contribution in [0.15, 0.2) is 30.5 Å². The smallest absolute Gasteiger partial charge is 0.303 e. The molecule has 1 unspecified atom stereocenters. The fraction of sp³-hybridized carbons (Fsp3) is 0.440. The molecule has 0 spiro atoms. The first-order chi connectivity index (χ1) is 16.3. The molecule has 9 heteroatoms. The van der Waals surface area contributed by atoms with Crippen LogP contribution in [0, 0.1) is 16.7 Å². The van der Waals surface area contributed by atoms with E-state index < -0.39 is 11.4 Å².